The molecule has 0 aromatic heterocycles. The zero-order valence-electron chi connectivity index (χ0n) is 30.3. The summed E-state index contributed by atoms with van der Waals surface area (Å²) in [7, 11) is 1.78. The van der Waals surface area contributed by atoms with Gasteiger partial charge in [-0.25, -0.2) is 4.79 Å². The number of methoxy groups -OCH3 is 1. The highest BCUT2D eigenvalue weighted by atomic mass is 16.7. The molecule has 0 radical (unpaired) electrons. The van der Waals surface area contributed by atoms with Crippen molar-refractivity contribution in [2.24, 2.45) is 23.7 Å². The van der Waals surface area contributed by atoms with Crippen molar-refractivity contribution in [2.75, 3.05) is 26.8 Å². The molecule has 2 saturated heterocycles. The summed E-state index contributed by atoms with van der Waals surface area (Å²) in [4.78, 5) is 15.7. The van der Waals surface area contributed by atoms with Crippen LogP contribution in [0.2, 0.25) is 0 Å². The molecule has 4 aliphatic carbocycles. The molecule has 3 aromatic carbocycles. The maximum absolute atomic E-state index is 13.2. The molecule has 272 valence electrons. The first-order valence-corrected chi connectivity index (χ1v) is 19.4. The average molecular weight is 694 g/mol. The molecule has 6 aliphatic rings. The lowest BCUT2D eigenvalue weighted by molar-refractivity contribution is -0.276. The number of rotatable bonds is 11. The van der Waals surface area contributed by atoms with E-state index >= 15 is 0 Å². The molecular weight excluding hydrogens is 638 g/mol. The van der Waals surface area contributed by atoms with Crippen LogP contribution < -0.4 is 10.6 Å². The van der Waals surface area contributed by atoms with Crippen LogP contribution in [0.15, 0.2) is 72.8 Å². The summed E-state index contributed by atoms with van der Waals surface area (Å²) in [5.74, 6) is 2.51. The first-order chi connectivity index (χ1) is 24.9. The Morgan fingerprint density at radius 2 is 1.61 bits per heavy atom. The van der Waals surface area contributed by atoms with Crippen molar-refractivity contribution < 1.29 is 24.1 Å². The van der Waals surface area contributed by atoms with E-state index in [4.69, 9.17) is 14.2 Å². The highest BCUT2D eigenvalue weighted by Gasteiger charge is 2.51. The van der Waals surface area contributed by atoms with Crippen LogP contribution in [0.5, 0.6) is 0 Å². The third-order valence-corrected chi connectivity index (χ3v) is 12.7. The highest BCUT2D eigenvalue weighted by Crippen LogP contribution is 2.55. The van der Waals surface area contributed by atoms with E-state index in [-0.39, 0.29) is 36.3 Å². The minimum absolute atomic E-state index is 0.00315. The predicted molar refractivity (Wildman–Crippen MR) is 198 cm³/mol. The SMILES string of the molecule is COC[C@@H]1CCCN1C[C@H]1O[C@@H](c2cccc(-c3cccc(CNC(=O)NC45CC6CC(CC(C6)C4)C5)c3)c2)O[C@@H](c2ccc(CO)cc2)[C@H]1C. The summed E-state index contributed by atoms with van der Waals surface area (Å²) >= 11 is 0. The molecule has 51 heavy (non-hydrogen) atoms. The van der Waals surface area contributed by atoms with E-state index in [1.54, 1.807) is 7.11 Å². The van der Waals surface area contributed by atoms with Gasteiger partial charge in [0.25, 0.3) is 0 Å². The number of hydrogen-bond donors (Lipinski definition) is 3. The Bertz CT molecular complexity index is 1630. The Labute approximate surface area is 303 Å². The number of aliphatic hydroxyl groups is 1. The van der Waals surface area contributed by atoms with Crippen molar-refractivity contribution in [1.82, 2.24) is 15.5 Å². The number of ether oxygens (including phenoxy) is 3. The minimum atomic E-state index is -0.532. The van der Waals surface area contributed by atoms with Gasteiger partial charge in [0.05, 0.1) is 25.4 Å². The van der Waals surface area contributed by atoms with Gasteiger partial charge in [0, 0.05) is 43.3 Å². The number of benzene rings is 3. The number of nitrogens with zero attached hydrogens (tertiary/aromatic N) is 1. The minimum Gasteiger partial charge on any atom is -0.392 e. The summed E-state index contributed by atoms with van der Waals surface area (Å²) in [5, 5.41) is 16.3. The fraction of sp³-hybridized carbons (Fsp3) is 0.558. The van der Waals surface area contributed by atoms with Crippen molar-refractivity contribution in [1.29, 1.82) is 0 Å². The quantitative estimate of drug-likeness (QED) is 0.193. The number of likely N-dealkylation sites (tertiary alicyclic amines) is 1. The fourth-order valence-corrected chi connectivity index (χ4v) is 10.5. The van der Waals surface area contributed by atoms with Crippen LogP contribution >= 0.6 is 0 Å². The smallest absolute Gasteiger partial charge is 0.315 e. The summed E-state index contributed by atoms with van der Waals surface area (Å²) in [5.41, 5.74) is 6.21. The molecule has 8 heteroatoms. The molecule has 2 aliphatic heterocycles. The van der Waals surface area contributed by atoms with Gasteiger partial charge in [-0.3, -0.25) is 4.90 Å². The first-order valence-electron chi connectivity index (χ1n) is 19.4. The van der Waals surface area contributed by atoms with E-state index in [0.717, 1.165) is 96.5 Å². The Kier molecular flexibility index (Phi) is 10.2. The number of amides is 2. The second-order valence-corrected chi connectivity index (χ2v) is 16.4. The second-order valence-electron chi connectivity index (χ2n) is 16.4. The summed E-state index contributed by atoms with van der Waals surface area (Å²) in [6.45, 7) is 5.34. The largest absolute Gasteiger partial charge is 0.392 e. The molecule has 4 bridgehead atoms. The zero-order chi connectivity index (χ0) is 35.0. The van der Waals surface area contributed by atoms with Gasteiger partial charge in [-0.15, -0.1) is 0 Å². The molecule has 0 unspecified atom stereocenters. The maximum Gasteiger partial charge on any atom is 0.315 e. The molecule has 3 aromatic rings. The van der Waals surface area contributed by atoms with E-state index in [1.165, 1.54) is 25.7 Å². The van der Waals surface area contributed by atoms with Gasteiger partial charge in [0.1, 0.15) is 0 Å². The zero-order valence-corrected chi connectivity index (χ0v) is 30.3. The van der Waals surface area contributed by atoms with Crippen LogP contribution in [0.4, 0.5) is 4.79 Å². The topological polar surface area (TPSA) is 92.3 Å². The van der Waals surface area contributed by atoms with Crippen LogP contribution in [0.3, 0.4) is 0 Å². The van der Waals surface area contributed by atoms with Gasteiger partial charge < -0.3 is 30.0 Å². The number of hydrogen-bond acceptors (Lipinski definition) is 6. The molecule has 8 nitrogen and oxygen atoms in total. The van der Waals surface area contributed by atoms with E-state index in [1.807, 2.05) is 12.1 Å². The molecule has 3 N–H and O–H groups in total. The number of carbonyl (C=O) groups is 1. The third kappa shape index (κ3) is 7.63. The van der Waals surface area contributed by atoms with Crippen molar-refractivity contribution >= 4 is 6.03 Å². The average Bonchev–Trinajstić information content (AvgIpc) is 3.57. The van der Waals surface area contributed by atoms with Crippen molar-refractivity contribution in [3.63, 3.8) is 0 Å². The first kappa shape index (κ1) is 34.8. The van der Waals surface area contributed by atoms with Crippen LogP contribution in [-0.2, 0) is 27.4 Å². The Balaban J connectivity index is 0.971. The Morgan fingerprint density at radius 3 is 2.31 bits per heavy atom. The molecule has 9 rings (SSSR count). The van der Waals surface area contributed by atoms with Gasteiger partial charge in [-0.1, -0.05) is 67.6 Å². The third-order valence-electron chi connectivity index (χ3n) is 12.7. The molecule has 0 spiro atoms. The summed E-state index contributed by atoms with van der Waals surface area (Å²) in [6, 6.07) is 25.4. The highest BCUT2D eigenvalue weighted by molar-refractivity contribution is 5.75. The van der Waals surface area contributed by atoms with Crippen LogP contribution in [-0.4, -0.2) is 60.5 Å². The molecule has 4 saturated carbocycles. The van der Waals surface area contributed by atoms with Gasteiger partial charge in [-0.05, 0) is 116 Å². The fourth-order valence-electron chi connectivity index (χ4n) is 10.5. The predicted octanol–water partition coefficient (Wildman–Crippen LogP) is 7.52. The lowest BCUT2D eigenvalue weighted by atomic mass is 9.53. The standard InChI is InChI=1S/C43H55N3O5/c1-28-39(25-46-15-5-10-38(46)27-49-2)50-41(51-40(28)34-13-11-29(26-47)12-14-34)37-9-4-8-36(20-37)35-7-3-6-30(19-35)24-44-42(48)45-43-21-31-16-32(22-43)18-33(17-31)23-43/h3-4,6-9,11-14,19-20,28,31-33,38-41,47H,5,10,15-18,21-27H2,1-2H3,(H2,44,45,48)/t28-,31?,32?,33?,38-,39+,40+,41+,43?/m0/s1. The van der Waals surface area contributed by atoms with Gasteiger partial charge >= 0.3 is 6.03 Å². The van der Waals surface area contributed by atoms with E-state index in [2.05, 4.69) is 83.1 Å². The van der Waals surface area contributed by atoms with Crippen molar-refractivity contribution in [3.05, 3.63) is 95.1 Å². The van der Waals surface area contributed by atoms with E-state index in [9.17, 15) is 9.90 Å². The molecule has 6 fully saturated rings. The van der Waals surface area contributed by atoms with E-state index < -0.39 is 6.29 Å². The van der Waals surface area contributed by atoms with Gasteiger partial charge in [0.15, 0.2) is 6.29 Å². The molecule has 2 heterocycles. The summed E-state index contributed by atoms with van der Waals surface area (Å²) in [6.07, 6.45) is 9.12. The van der Waals surface area contributed by atoms with Crippen molar-refractivity contribution in [2.45, 2.75) is 102 Å². The Morgan fingerprint density at radius 1 is 0.902 bits per heavy atom. The Hall–Kier alpha value is -3.27. The maximum atomic E-state index is 13.2. The lowest BCUT2D eigenvalue weighted by Gasteiger charge is -2.56. The van der Waals surface area contributed by atoms with Crippen molar-refractivity contribution in [3.8, 4) is 11.1 Å². The van der Waals surface area contributed by atoms with E-state index in [0.29, 0.717) is 12.6 Å². The van der Waals surface area contributed by atoms with Crippen LogP contribution in [0, 0.1) is 23.7 Å². The van der Waals surface area contributed by atoms with Gasteiger partial charge in [-0.2, -0.15) is 0 Å². The lowest BCUT2D eigenvalue weighted by Crippen LogP contribution is -2.61. The van der Waals surface area contributed by atoms with Crippen LogP contribution in [0.25, 0.3) is 11.1 Å². The monoisotopic (exact) mass is 693 g/mol. The molecular formula is C43H55N3O5. The number of urea groups is 1. The number of carbonyl (C=O) groups excluding carboxylic acids is 1. The normalized spacial score (nSPS) is 33.0. The number of nitrogens with one attached hydrogen (secondary N) is 2. The summed E-state index contributed by atoms with van der Waals surface area (Å²) < 4.78 is 19.2. The molecule has 5 atom stereocenters. The van der Waals surface area contributed by atoms with Crippen LogP contribution in [0.1, 0.15) is 92.9 Å². The number of aliphatic hydroxyl groups excluding tert-OH is 1. The second kappa shape index (κ2) is 15.0. The molecule has 2 amide bonds. The van der Waals surface area contributed by atoms with Gasteiger partial charge in [0.2, 0.25) is 0 Å².